The Balaban J connectivity index is 3.75. The van der Waals surface area contributed by atoms with Gasteiger partial charge in [0, 0.05) is 0 Å². The number of aliphatic hydroxyl groups is 4. The maximum absolute atomic E-state index is 12.5. The number of aliphatic hydroxyl groups excluding tert-OH is 4. The third-order valence-electron chi connectivity index (χ3n) is 11.5. The van der Waals surface area contributed by atoms with Crippen molar-refractivity contribution in [2.75, 3.05) is 6.61 Å². The van der Waals surface area contributed by atoms with Crippen molar-refractivity contribution in [3.63, 3.8) is 0 Å². The van der Waals surface area contributed by atoms with E-state index in [1.807, 2.05) is 0 Å². The Labute approximate surface area is 359 Å². The predicted molar refractivity (Wildman–Crippen MR) is 251 cm³/mol. The van der Waals surface area contributed by atoms with Gasteiger partial charge in [0.25, 0.3) is 0 Å². The molecule has 1 amide bonds. The fraction of sp³-hybridized carbons (Fsp3) is 0.827. The van der Waals surface area contributed by atoms with Gasteiger partial charge in [-0.15, -0.1) is 0 Å². The van der Waals surface area contributed by atoms with E-state index in [-0.39, 0.29) is 0 Å². The molecule has 0 aromatic carbocycles. The van der Waals surface area contributed by atoms with Crippen LogP contribution in [0.1, 0.15) is 245 Å². The van der Waals surface area contributed by atoms with E-state index in [0.29, 0.717) is 19.3 Å². The molecule has 0 heterocycles. The third-order valence-corrected chi connectivity index (χ3v) is 11.5. The second-order valence-electron chi connectivity index (χ2n) is 17.1. The van der Waals surface area contributed by atoms with Crippen LogP contribution in [0.4, 0.5) is 0 Å². The van der Waals surface area contributed by atoms with Gasteiger partial charge >= 0.3 is 0 Å². The molecule has 6 heteroatoms. The number of allylic oxidation sites excluding steroid dienone is 8. The summed E-state index contributed by atoms with van der Waals surface area (Å²) in [5, 5.41) is 43.8. The van der Waals surface area contributed by atoms with Gasteiger partial charge in [0.2, 0.25) is 5.91 Å². The van der Waals surface area contributed by atoms with E-state index in [9.17, 15) is 25.2 Å². The van der Waals surface area contributed by atoms with Crippen molar-refractivity contribution in [2.45, 2.75) is 269 Å². The second-order valence-corrected chi connectivity index (χ2v) is 17.1. The molecular weight excluding hydrogens is 719 g/mol. The average Bonchev–Trinajstić information content (AvgIpc) is 3.23. The Kier molecular flexibility index (Phi) is 45.0. The summed E-state index contributed by atoms with van der Waals surface area (Å²) in [6.07, 6.45) is 57.3. The standard InChI is InChI=1S/C52H97NO5/c1-3-5-7-9-11-13-15-17-19-21-22-23-24-25-26-27-28-29-30-32-33-35-37-39-41-43-45-49(55)51(57)48(47-54)53-52(58)50(56)46-44-42-40-38-36-34-31-20-18-16-14-12-10-8-6-4-2/h12,14,18,20,30,32,37,39,48-51,54-57H,3-11,13,15-17,19,21-29,31,33-36,38,40-47H2,1-2H3,(H,53,58)/b14-12-,20-18-,32-30+,39-37+. The van der Waals surface area contributed by atoms with Crippen LogP contribution in [0.25, 0.3) is 0 Å². The molecule has 0 aromatic rings. The Morgan fingerprint density at radius 2 is 0.776 bits per heavy atom. The maximum Gasteiger partial charge on any atom is 0.249 e. The van der Waals surface area contributed by atoms with Gasteiger partial charge in [0.15, 0.2) is 0 Å². The molecule has 0 bridgehead atoms. The van der Waals surface area contributed by atoms with Crippen LogP contribution in [-0.4, -0.2) is 57.3 Å². The lowest BCUT2D eigenvalue weighted by Gasteiger charge is -2.27. The first-order valence-electron chi connectivity index (χ1n) is 25.0. The normalized spacial score (nSPS) is 14.4. The second kappa shape index (κ2) is 46.3. The summed E-state index contributed by atoms with van der Waals surface area (Å²) >= 11 is 0. The van der Waals surface area contributed by atoms with Crippen molar-refractivity contribution >= 4 is 5.91 Å². The summed E-state index contributed by atoms with van der Waals surface area (Å²) in [6, 6.07) is -1.01. The van der Waals surface area contributed by atoms with Gasteiger partial charge < -0.3 is 25.7 Å². The fourth-order valence-corrected chi connectivity index (χ4v) is 7.51. The lowest BCUT2D eigenvalue weighted by molar-refractivity contribution is -0.132. The lowest BCUT2D eigenvalue weighted by Crippen LogP contribution is -2.53. The molecule has 0 aliphatic rings. The highest BCUT2D eigenvalue weighted by Gasteiger charge is 2.28. The van der Waals surface area contributed by atoms with E-state index in [1.54, 1.807) is 0 Å². The van der Waals surface area contributed by atoms with Crippen LogP contribution < -0.4 is 5.32 Å². The summed E-state index contributed by atoms with van der Waals surface area (Å²) in [4.78, 5) is 12.5. The minimum atomic E-state index is -1.30. The van der Waals surface area contributed by atoms with Gasteiger partial charge in [-0.05, 0) is 83.5 Å². The Morgan fingerprint density at radius 3 is 1.22 bits per heavy atom. The number of nitrogens with one attached hydrogen (secondary N) is 1. The monoisotopic (exact) mass is 816 g/mol. The molecule has 0 fully saturated rings. The van der Waals surface area contributed by atoms with E-state index in [2.05, 4.69) is 67.8 Å². The Morgan fingerprint density at radius 1 is 0.431 bits per heavy atom. The molecule has 340 valence electrons. The number of carbonyl (C=O) groups is 1. The number of hydrogen-bond acceptors (Lipinski definition) is 5. The minimum Gasteiger partial charge on any atom is -0.394 e. The van der Waals surface area contributed by atoms with Gasteiger partial charge in [0.05, 0.1) is 18.8 Å². The molecule has 4 unspecified atom stereocenters. The minimum absolute atomic E-state index is 0.346. The van der Waals surface area contributed by atoms with Gasteiger partial charge in [-0.1, -0.05) is 210 Å². The quantitative estimate of drug-likeness (QED) is 0.0311. The van der Waals surface area contributed by atoms with Crippen LogP contribution in [0.3, 0.4) is 0 Å². The smallest absolute Gasteiger partial charge is 0.249 e. The molecular formula is C52H97NO5. The van der Waals surface area contributed by atoms with Crippen LogP contribution in [-0.2, 0) is 4.79 Å². The molecule has 0 saturated heterocycles. The van der Waals surface area contributed by atoms with E-state index >= 15 is 0 Å². The highest BCUT2D eigenvalue weighted by atomic mass is 16.3. The van der Waals surface area contributed by atoms with Crippen molar-refractivity contribution in [2.24, 2.45) is 0 Å². The highest BCUT2D eigenvalue weighted by Crippen LogP contribution is 2.16. The summed E-state index contributed by atoms with van der Waals surface area (Å²) < 4.78 is 0. The van der Waals surface area contributed by atoms with Crippen LogP contribution in [0.15, 0.2) is 48.6 Å². The van der Waals surface area contributed by atoms with Gasteiger partial charge in [-0.2, -0.15) is 0 Å². The molecule has 0 rings (SSSR count). The van der Waals surface area contributed by atoms with Crippen LogP contribution in [0, 0.1) is 0 Å². The van der Waals surface area contributed by atoms with Crippen molar-refractivity contribution in [1.82, 2.24) is 5.32 Å². The zero-order chi connectivity index (χ0) is 42.4. The SMILES string of the molecule is CCCCC/C=C\C/C=C\CCCCCCCCC(O)C(=O)NC(CO)C(O)C(O)CCC/C=C/CC/C=C/CCCCCCCCCCCCCCCCCCC. The molecule has 58 heavy (non-hydrogen) atoms. The average molecular weight is 816 g/mol. The number of carbonyl (C=O) groups excluding carboxylic acids is 1. The lowest BCUT2D eigenvalue weighted by atomic mass is 10.00. The zero-order valence-corrected chi connectivity index (χ0v) is 38.3. The van der Waals surface area contributed by atoms with Crippen molar-refractivity contribution in [3.05, 3.63) is 48.6 Å². The van der Waals surface area contributed by atoms with E-state index < -0.39 is 36.9 Å². The van der Waals surface area contributed by atoms with Gasteiger partial charge in [-0.25, -0.2) is 0 Å². The van der Waals surface area contributed by atoms with E-state index in [1.165, 1.54) is 154 Å². The molecule has 0 radical (unpaired) electrons. The van der Waals surface area contributed by atoms with Crippen molar-refractivity contribution in [1.29, 1.82) is 0 Å². The first kappa shape index (κ1) is 56.3. The molecule has 5 N–H and O–H groups in total. The van der Waals surface area contributed by atoms with E-state index in [4.69, 9.17) is 0 Å². The van der Waals surface area contributed by atoms with Crippen LogP contribution in [0.5, 0.6) is 0 Å². The highest BCUT2D eigenvalue weighted by molar-refractivity contribution is 5.80. The van der Waals surface area contributed by atoms with E-state index in [0.717, 1.165) is 57.8 Å². The third kappa shape index (κ3) is 39.7. The zero-order valence-electron chi connectivity index (χ0n) is 38.3. The van der Waals surface area contributed by atoms with Crippen molar-refractivity contribution in [3.8, 4) is 0 Å². The molecule has 0 aliphatic carbocycles. The summed E-state index contributed by atoms with van der Waals surface area (Å²) in [5.41, 5.74) is 0. The van der Waals surface area contributed by atoms with Gasteiger partial charge in [0.1, 0.15) is 12.2 Å². The predicted octanol–water partition coefficient (Wildman–Crippen LogP) is 13.9. The molecule has 6 nitrogen and oxygen atoms in total. The largest absolute Gasteiger partial charge is 0.394 e. The van der Waals surface area contributed by atoms with Crippen LogP contribution >= 0.6 is 0 Å². The number of amides is 1. The number of rotatable bonds is 45. The summed E-state index contributed by atoms with van der Waals surface area (Å²) in [5.74, 6) is -0.606. The first-order valence-corrected chi connectivity index (χ1v) is 25.0. The number of hydrogen-bond donors (Lipinski definition) is 5. The number of unbranched alkanes of at least 4 members (excludes halogenated alkanes) is 28. The molecule has 0 aliphatic heterocycles. The van der Waals surface area contributed by atoms with Crippen LogP contribution in [0.2, 0.25) is 0 Å². The fourth-order valence-electron chi connectivity index (χ4n) is 7.51. The van der Waals surface area contributed by atoms with Crippen molar-refractivity contribution < 1.29 is 25.2 Å². The molecule has 0 saturated carbocycles. The Bertz CT molecular complexity index is 961. The van der Waals surface area contributed by atoms with Gasteiger partial charge in [-0.3, -0.25) is 4.79 Å². The molecule has 0 spiro atoms. The molecule has 4 atom stereocenters. The first-order chi connectivity index (χ1) is 28.5. The summed E-state index contributed by atoms with van der Waals surface area (Å²) in [7, 11) is 0. The summed E-state index contributed by atoms with van der Waals surface area (Å²) in [6.45, 7) is 4.02. The Hall–Kier alpha value is -1.73. The topological polar surface area (TPSA) is 110 Å². The maximum atomic E-state index is 12.5. The molecule has 0 aromatic heterocycles.